The first-order valence-corrected chi connectivity index (χ1v) is 6.21. The smallest absolute Gasteiger partial charge is 0.324 e. The zero-order chi connectivity index (χ0) is 13.1. The molecule has 0 atom stereocenters. The lowest BCUT2D eigenvalue weighted by Gasteiger charge is -2.05. The minimum absolute atomic E-state index is 0.0222. The predicted molar refractivity (Wildman–Crippen MR) is 71.4 cm³/mol. The Labute approximate surface area is 112 Å². The van der Waals surface area contributed by atoms with E-state index in [4.69, 9.17) is 11.6 Å². The zero-order valence-corrected chi connectivity index (χ0v) is 10.7. The molecule has 2 rings (SSSR count). The number of phenolic OH excluding ortho intramolecular Hbond substituents is 1. The van der Waals surface area contributed by atoms with Gasteiger partial charge in [0.25, 0.3) is 0 Å². The molecule has 2 aromatic rings. The average Bonchev–Trinajstić information content (AvgIpc) is 2.79. The van der Waals surface area contributed by atoms with E-state index in [1.165, 1.54) is 12.1 Å². The zero-order valence-electron chi connectivity index (χ0n) is 9.09. The van der Waals surface area contributed by atoms with Gasteiger partial charge in [0.15, 0.2) is 0 Å². The highest BCUT2D eigenvalue weighted by molar-refractivity contribution is 7.15. The molecule has 1 aromatic carbocycles. The number of anilines is 1. The maximum atomic E-state index is 10.5. The minimum Gasteiger partial charge on any atom is -0.506 e. The molecular weight excluding hydrogens is 276 g/mol. The molecule has 0 saturated heterocycles. The minimum atomic E-state index is -0.411. The molecule has 18 heavy (non-hydrogen) atoms. The topological polar surface area (TPSA) is 75.4 Å². The van der Waals surface area contributed by atoms with Gasteiger partial charge >= 0.3 is 5.00 Å². The Hall–Kier alpha value is -1.79. The van der Waals surface area contributed by atoms with Crippen LogP contribution in [0.4, 0.5) is 10.7 Å². The summed E-state index contributed by atoms with van der Waals surface area (Å²) in [4.78, 5) is 11.0. The third-order valence-electron chi connectivity index (χ3n) is 2.24. The van der Waals surface area contributed by atoms with Crippen molar-refractivity contribution in [2.75, 3.05) is 5.32 Å². The molecular formula is C11H9ClN2O3S. The first-order valence-electron chi connectivity index (χ1n) is 5.02. The summed E-state index contributed by atoms with van der Waals surface area (Å²) in [6, 6.07) is 7.95. The van der Waals surface area contributed by atoms with Crippen LogP contribution in [-0.2, 0) is 6.54 Å². The van der Waals surface area contributed by atoms with Crippen molar-refractivity contribution in [2.24, 2.45) is 0 Å². The van der Waals surface area contributed by atoms with Gasteiger partial charge in [-0.15, -0.1) is 0 Å². The highest BCUT2D eigenvalue weighted by Gasteiger charge is 2.09. The Kier molecular flexibility index (Phi) is 3.69. The molecule has 5 nitrogen and oxygen atoms in total. The number of hydrogen-bond acceptors (Lipinski definition) is 5. The summed E-state index contributed by atoms with van der Waals surface area (Å²) >= 11 is 6.89. The van der Waals surface area contributed by atoms with E-state index >= 15 is 0 Å². The van der Waals surface area contributed by atoms with Gasteiger partial charge in [0.2, 0.25) is 0 Å². The second kappa shape index (κ2) is 5.24. The summed E-state index contributed by atoms with van der Waals surface area (Å²) < 4.78 is 0. The quantitative estimate of drug-likeness (QED) is 0.511. The fraction of sp³-hybridized carbons (Fsp3) is 0.0909. The van der Waals surface area contributed by atoms with Gasteiger partial charge in [-0.2, -0.15) is 0 Å². The van der Waals surface area contributed by atoms with Gasteiger partial charge in [0.1, 0.15) is 5.75 Å². The molecule has 0 saturated carbocycles. The second-order valence-electron chi connectivity index (χ2n) is 3.52. The number of rotatable bonds is 4. The molecule has 1 heterocycles. The van der Waals surface area contributed by atoms with Crippen molar-refractivity contribution in [1.82, 2.24) is 0 Å². The summed E-state index contributed by atoms with van der Waals surface area (Å²) in [6.45, 7) is 0.472. The normalized spacial score (nSPS) is 10.3. The van der Waals surface area contributed by atoms with E-state index in [-0.39, 0.29) is 15.8 Å². The van der Waals surface area contributed by atoms with Crippen molar-refractivity contribution >= 4 is 33.6 Å². The number of nitrogens with zero attached hydrogens (tertiary/aromatic N) is 1. The van der Waals surface area contributed by atoms with Crippen LogP contribution in [0.3, 0.4) is 0 Å². The molecule has 0 radical (unpaired) electrons. The van der Waals surface area contributed by atoms with E-state index in [1.54, 1.807) is 18.2 Å². The first kappa shape index (κ1) is 12.7. The lowest BCUT2D eigenvalue weighted by atomic mass is 10.3. The van der Waals surface area contributed by atoms with Gasteiger partial charge in [-0.25, -0.2) is 0 Å². The van der Waals surface area contributed by atoms with E-state index < -0.39 is 4.92 Å². The average molecular weight is 285 g/mol. The summed E-state index contributed by atoms with van der Waals surface area (Å²) in [7, 11) is 0. The Morgan fingerprint density at radius 2 is 2.17 bits per heavy atom. The van der Waals surface area contributed by atoms with Crippen molar-refractivity contribution in [1.29, 1.82) is 0 Å². The largest absolute Gasteiger partial charge is 0.506 e. The van der Waals surface area contributed by atoms with Crippen LogP contribution in [-0.4, -0.2) is 10.0 Å². The van der Waals surface area contributed by atoms with Crippen LogP contribution in [0.5, 0.6) is 5.75 Å². The van der Waals surface area contributed by atoms with Gasteiger partial charge in [-0.3, -0.25) is 10.1 Å². The summed E-state index contributed by atoms with van der Waals surface area (Å²) in [6.07, 6.45) is 0. The van der Waals surface area contributed by atoms with E-state index in [0.717, 1.165) is 21.9 Å². The number of halogens is 1. The number of hydrogen-bond donors (Lipinski definition) is 2. The number of phenols is 1. The number of nitrogens with one attached hydrogen (secondary N) is 1. The molecule has 1 aromatic heterocycles. The van der Waals surface area contributed by atoms with Crippen LogP contribution in [0.25, 0.3) is 0 Å². The molecule has 0 amide bonds. The van der Waals surface area contributed by atoms with Crippen LogP contribution >= 0.6 is 22.9 Å². The van der Waals surface area contributed by atoms with Crippen molar-refractivity contribution in [3.8, 4) is 5.75 Å². The molecule has 2 N–H and O–H groups in total. The number of nitro groups is 1. The van der Waals surface area contributed by atoms with Gasteiger partial charge in [0, 0.05) is 23.2 Å². The predicted octanol–water partition coefficient (Wildman–Crippen LogP) is 3.63. The summed E-state index contributed by atoms with van der Waals surface area (Å²) in [5.74, 6) is 0.0222. The Morgan fingerprint density at radius 1 is 1.39 bits per heavy atom. The van der Waals surface area contributed by atoms with Crippen molar-refractivity contribution in [3.05, 3.63) is 50.3 Å². The van der Waals surface area contributed by atoms with Crippen LogP contribution in [0.2, 0.25) is 5.02 Å². The molecule has 0 spiro atoms. The maximum absolute atomic E-state index is 10.5. The van der Waals surface area contributed by atoms with Gasteiger partial charge in [-0.05, 0) is 24.3 Å². The van der Waals surface area contributed by atoms with Crippen LogP contribution in [0.15, 0.2) is 30.3 Å². The number of aromatic hydroxyl groups is 1. The lowest BCUT2D eigenvalue weighted by molar-refractivity contribution is -0.380. The van der Waals surface area contributed by atoms with E-state index in [2.05, 4.69) is 5.32 Å². The van der Waals surface area contributed by atoms with E-state index in [0.29, 0.717) is 6.54 Å². The molecule has 0 unspecified atom stereocenters. The van der Waals surface area contributed by atoms with E-state index in [9.17, 15) is 15.2 Å². The molecule has 94 valence electrons. The maximum Gasteiger partial charge on any atom is 0.324 e. The third kappa shape index (κ3) is 2.91. The van der Waals surface area contributed by atoms with E-state index in [1.807, 2.05) is 0 Å². The van der Waals surface area contributed by atoms with Crippen molar-refractivity contribution in [2.45, 2.75) is 6.54 Å². The van der Waals surface area contributed by atoms with Crippen LogP contribution in [0, 0.1) is 10.1 Å². The summed E-state index contributed by atoms with van der Waals surface area (Å²) in [5.41, 5.74) is 0.744. The highest BCUT2D eigenvalue weighted by Crippen LogP contribution is 2.28. The highest BCUT2D eigenvalue weighted by atomic mass is 35.5. The fourth-order valence-corrected chi connectivity index (χ4v) is 2.31. The van der Waals surface area contributed by atoms with Gasteiger partial charge < -0.3 is 10.4 Å². The molecule has 0 aliphatic rings. The number of benzene rings is 1. The Morgan fingerprint density at radius 3 is 2.78 bits per heavy atom. The first-order chi connectivity index (χ1) is 8.56. The SMILES string of the molecule is O=[N+]([O-])c1ccc(CNc2ccc(O)c(Cl)c2)s1. The molecule has 0 bridgehead atoms. The molecule has 0 aliphatic carbocycles. The van der Waals surface area contributed by atoms with Gasteiger partial charge in [0.05, 0.1) is 9.95 Å². The second-order valence-corrected chi connectivity index (χ2v) is 5.07. The fourth-order valence-electron chi connectivity index (χ4n) is 1.37. The molecule has 7 heteroatoms. The standard InChI is InChI=1S/C11H9ClN2O3S/c12-9-5-7(1-3-10(9)15)13-6-8-2-4-11(18-8)14(16)17/h1-5,13,15H,6H2. The van der Waals surface area contributed by atoms with Crippen molar-refractivity contribution < 1.29 is 10.0 Å². The Bertz CT molecular complexity index is 585. The Balaban J connectivity index is 2.02. The van der Waals surface area contributed by atoms with Gasteiger partial charge in [-0.1, -0.05) is 22.9 Å². The number of thiophene rings is 1. The van der Waals surface area contributed by atoms with Crippen LogP contribution in [0.1, 0.15) is 4.88 Å². The molecule has 0 fully saturated rings. The lowest BCUT2D eigenvalue weighted by Crippen LogP contribution is -1.96. The third-order valence-corrected chi connectivity index (χ3v) is 3.58. The van der Waals surface area contributed by atoms with Crippen LogP contribution < -0.4 is 5.32 Å². The van der Waals surface area contributed by atoms with Crippen molar-refractivity contribution in [3.63, 3.8) is 0 Å². The monoisotopic (exact) mass is 284 g/mol. The summed E-state index contributed by atoms with van der Waals surface area (Å²) in [5, 5.41) is 23.2. The molecule has 0 aliphatic heterocycles.